The summed E-state index contributed by atoms with van der Waals surface area (Å²) in [7, 11) is 3.29. The van der Waals surface area contributed by atoms with Crippen LogP contribution in [0.5, 0.6) is 0 Å². The van der Waals surface area contributed by atoms with Crippen molar-refractivity contribution in [1.82, 2.24) is 4.90 Å². The second-order valence-electron chi connectivity index (χ2n) is 4.69. The van der Waals surface area contributed by atoms with Gasteiger partial charge in [0.1, 0.15) is 0 Å². The molecule has 0 spiro atoms. The molecule has 0 bridgehead atoms. The molecule has 1 aliphatic carbocycles. The van der Waals surface area contributed by atoms with Gasteiger partial charge in [0.05, 0.1) is 0 Å². The van der Waals surface area contributed by atoms with Crippen molar-refractivity contribution in [1.29, 1.82) is 0 Å². The summed E-state index contributed by atoms with van der Waals surface area (Å²) in [6.45, 7) is 0. The van der Waals surface area contributed by atoms with Crippen LogP contribution >= 0.6 is 0 Å². The van der Waals surface area contributed by atoms with Crippen molar-refractivity contribution < 1.29 is 9.90 Å². The van der Waals surface area contributed by atoms with E-state index in [9.17, 15) is 9.90 Å². The first-order chi connectivity index (χ1) is 8.53. The highest BCUT2D eigenvalue weighted by atomic mass is 16.3. The molecule has 3 heteroatoms. The van der Waals surface area contributed by atoms with Crippen LogP contribution in [0, 0.1) is 0 Å². The molecule has 0 fully saturated rings. The highest BCUT2D eigenvalue weighted by Crippen LogP contribution is 2.27. The molecule has 3 nitrogen and oxygen atoms in total. The number of rotatable bonds is 2. The maximum atomic E-state index is 11.9. The van der Waals surface area contributed by atoms with E-state index in [0.717, 1.165) is 11.1 Å². The molecule has 1 aliphatic rings. The van der Waals surface area contributed by atoms with E-state index >= 15 is 0 Å². The molecule has 18 heavy (non-hydrogen) atoms. The van der Waals surface area contributed by atoms with Crippen molar-refractivity contribution in [2.45, 2.75) is 12.0 Å². The molecule has 0 heterocycles. The smallest absolute Gasteiger partial charge is 0.258 e. The van der Waals surface area contributed by atoms with E-state index in [1.807, 2.05) is 36.4 Å². The standard InChI is InChI=1S/C15H17NO2/c1-16(2)14(17)15(18)10-8-13(9-11-15)12-6-4-3-5-7-12/h3-10,18H,11H2,1-2H3. The van der Waals surface area contributed by atoms with Crippen molar-refractivity contribution in [3.05, 3.63) is 54.1 Å². The first-order valence-electron chi connectivity index (χ1n) is 5.92. The Hall–Kier alpha value is -1.87. The number of likely N-dealkylation sites (N-methyl/N-ethyl adjacent to an activating group) is 1. The minimum atomic E-state index is -1.40. The molecule has 0 aliphatic heterocycles. The molecule has 1 atom stereocenters. The first-order valence-corrected chi connectivity index (χ1v) is 5.92. The molecule has 94 valence electrons. The average molecular weight is 243 g/mol. The average Bonchev–Trinajstić information content (AvgIpc) is 2.39. The van der Waals surface area contributed by atoms with Gasteiger partial charge in [0, 0.05) is 20.5 Å². The summed E-state index contributed by atoms with van der Waals surface area (Å²) in [5.74, 6) is -0.290. The second-order valence-corrected chi connectivity index (χ2v) is 4.69. The molecule has 1 amide bonds. The third-order valence-corrected chi connectivity index (χ3v) is 3.06. The predicted molar refractivity (Wildman–Crippen MR) is 71.8 cm³/mol. The van der Waals surface area contributed by atoms with E-state index in [-0.39, 0.29) is 5.91 Å². The van der Waals surface area contributed by atoms with Crippen LogP contribution in [0.4, 0.5) is 0 Å². The number of nitrogens with zero attached hydrogens (tertiary/aromatic N) is 1. The van der Waals surface area contributed by atoms with Crippen LogP contribution in [0.15, 0.2) is 48.6 Å². The summed E-state index contributed by atoms with van der Waals surface area (Å²) in [6, 6.07) is 9.91. The SMILES string of the molecule is CN(C)C(=O)C1(O)C=CC(c2ccccc2)=CC1. The lowest BCUT2D eigenvalue weighted by Gasteiger charge is -2.28. The zero-order valence-corrected chi connectivity index (χ0v) is 10.6. The van der Waals surface area contributed by atoms with Crippen LogP contribution in [0.1, 0.15) is 12.0 Å². The summed E-state index contributed by atoms with van der Waals surface area (Å²) in [6.07, 6.45) is 5.60. The lowest BCUT2D eigenvalue weighted by Crippen LogP contribution is -2.45. The maximum absolute atomic E-state index is 11.9. The normalized spacial score (nSPS) is 22.5. The number of carbonyl (C=O) groups excluding carboxylic acids is 1. The third-order valence-electron chi connectivity index (χ3n) is 3.06. The van der Waals surface area contributed by atoms with E-state index < -0.39 is 5.60 Å². The van der Waals surface area contributed by atoms with Crippen LogP contribution < -0.4 is 0 Å². The number of hydrogen-bond donors (Lipinski definition) is 1. The van der Waals surface area contributed by atoms with Crippen LogP contribution in [-0.2, 0) is 4.79 Å². The quantitative estimate of drug-likeness (QED) is 0.861. The van der Waals surface area contributed by atoms with Gasteiger partial charge in [0.15, 0.2) is 5.60 Å². The summed E-state index contributed by atoms with van der Waals surface area (Å²) >= 11 is 0. The van der Waals surface area contributed by atoms with Gasteiger partial charge in [0.25, 0.3) is 5.91 Å². The van der Waals surface area contributed by atoms with Gasteiger partial charge in [-0.15, -0.1) is 0 Å². The van der Waals surface area contributed by atoms with Gasteiger partial charge in [-0.25, -0.2) is 0 Å². The molecule has 0 saturated heterocycles. The molecule has 1 aromatic carbocycles. The monoisotopic (exact) mass is 243 g/mol. The fourth-order valence-corrected chi connectivity index (χ4v) is 2.02. The van der Waals surface area contributed by atoms with Gasteiger partial charge in [-0.3, -0.25) is 4.79 Å². The highest BCUT2D eigenvalue weighted by Gasteiger charge is 2.35. The molecule has 1 N–H and O–H groups in total. The van der Waals surface area contributed by atoms with Gasteiger partial charge in [-0.2, -0.15) is 0 Å². The maximum Gasteiger partial charge on any atom is 0.258 e. The van der Waals surface area contributed by atoms with E-state index in [0.29, 0.717) is 6.42 Å². The molecule has 1 unspecified atom stereocenters. The molecule has 2 rings (SSSR count). The number of allylic oxidation sites excluding steroid dienone is 2. The Kier molecular flexibility index (Phi) is 3.34. The second kappa shape index (κ2) is 4.78. The van der Waals surface area contributed by atoms with Gasteiger partial charge >= 0.3 is 0 Å². The zero-order chi connectivity index (χ0) is 13.2. The van der Waals surface area contributed by atoms with Crippen LogP contribution in [0.25, 0.3) is 5.57 Å². The van der Waals surface area contributed by atoms with Crippen LogP contribution in [0.2, 0.25) is 0 Å². The molecular weight excluding hydrogens is 226 g/mol. The lowest BCUT2D eigenvalue weighted by molar-refractivity contribution is -0.143. The summed E-state index contributed by atoms with van der Waals surface area (Å²) in [5.41, 5.74) is 0.724. The van der Waals surface area contributed by atoms with Crippen LogP contribution in [0.3, 0.4) is 0 Å². The van der Waals surface area contributed by atoms with Crippen molar-refractivity contribution in [2.75, 3.05) is 14.1 Å². The fraction of sp³-hybridized carbons (Fsp3) is 0.267. The van der Waals surface area contributed by atoms with E-state index in [1.165, 1.54) is 4.90 Å². The van der Waals surface area contributed by atoms with Crippen molar-refractivity contribution in [3.8, 4) is 0 Å². The van der Waals surface area contributed by atoms with Crippen LogP contribution in [-0.4, -0.2) is 35.6 Å². The Labute approximate surface area is 107 Å². The number of hydrogen-bond acceptors (Lipinski definition) is 2. The van der Waals surface area contributed by atoms with Gasteiger partial charge in [-0.05, 0) is 17.2 Å². The van der Waals surface area contributed by atoms with Gasteiger partial charge < -0.3 is 10.0 Å². The predicted octanol–water partition coefficient (Wildman–Crippen LogP) is 1.85. The topological polar surface area (TPSA) is 40.5 Å². The van der Waals surface area contributed by atoms with Gasteiger partial charge in [0.2, 0.25) is 0 Å². The van der Waals surface area contributed by atoms with Crippen molar-refractivity contribution >= 4 is 11.5 Å². The first kappa shape index (κ1) is 12.6. The molecular formula is C15H17NO2. The Morgan fingerprint density at radius 2 is 1.94 bits per heavy atom. The Morgan fingerprint density at radius 3 is 2.44 bits per heavy atom. The highest BCUT2D eigenvalue weighted by molar-refractivity contribution is 5.89. The Balaban J connectivity index is 2.19. The number of aliphatic hydroxyl groups is 1. The Morgan fingerprint density at radius 1 is 1.28 bits per heavy atom. The van der Waals surface area contributed by atoms with Gasteiger partial charge in [-0.1, -0.05) is 42.5 Å². The number of amides is 1. The Bertz CT molecular complexity index is 502. The molecule has 0 saturated carbocycles. The summed E-state index contributed by atoms with van der Waals surface area (Å²) in [5, 5.41) is 10.3. The van der Waals surface area contributed by atoms with Crippen molar-refractivity contribution in [2.24, 2.45) is 0 Å². The fourth-order valence-electron chi connectivity index (χ4n) is 2.02. The minimum Gasteiger partial charge on any atom is -0.376 e. The molecule has 0 radical (unpaired) electrons. The lowest BCUT2D eigenvalue weighted by atomic mass is 9.88. The zero-order valence-electron chi connectivity index (χ0n) is 10.6. The van der Waals surface area contributed by atoms with E-state index in [1.54, 1.807) is 26.2 Å². The van der Waals surface area contributed by atoms with Crippen molar-refractivity contribution in [3.63, 3.8) is 0 Å². The summed E-state index contributed by atoms with van der Waals surface area (Å²) < 4.78 is 0. The molecule has 0 aromatic heterocycles. The summed E-state index contributed by atoms with van der Waals surface area (Å²) in [4.78, 5) is 13.3. The largest absolute Gasteiger partial charge is 0.376 e. The molecule has 1 aromatic rings. The number of carbonyl (C=O) groups is 1. The minimum absolute atomic E-state index is 0.290. The third kappa shape index (κ3) is 2.36. The van der Waals surface area contributed by atoms with E-state index in [2.05, 4.69) is 0 Å². The van der Waals surface area contributed by atoms with E-state index in [4.69, 9.17) is 0 Å². The number of benzene rings is 1.